The number of hydrogen-bond acceptors (Lipinski definition) is 6. The van der Waals surface area contributed by atoms with Crippen molar-refractivity contribution >= 4 is 39.1 Å². The molecule has 0 bridgehead atoms. The first kappa shape index (κ1) is 25.6. The number of benzene rings is 1. The molecule has 0 aliphatic carbocycles. The molecule has 0 atom stereocenters. The summed E-state index contributed by atoms with van der Waals surface area (Å²) in [5.74, 6) is -0.519. The monoisotopic (exact) mass is 480 g/mol. The Bertz CT molecular complexity index is 1170. The molecule has 0 aliphatic heterocycles. The van der Waals surface area contributed by atoms with Crippen LogP contribution in [0.4, 0.5) is 0 Å². The number of pyridine rings is 1. The number of H-pyrrole nitrogens is 1. The van der Waals surface area contributed by atoms with Crippen LogP contribution in [0.5, 0.6) is 5.88 Å². The molecule has 0 saturated carbocycles. The van der Waals surface area contributed by atoms with Gasteiger partial charge in [-0.3, -0.25) is 14.7 Å². The number of carbonyl (C=O) groups is 1. The van der Waals surface area contributed by atoms with Crippen LogP contribution in [0, 0.1) is 0 Å². The van der Waals surface area contributed by atoms with Gasteiger partial charge in [-0.2, -0.15) is 0 Å². The smallest absolute Gasteiger partial charge is 0.251 e. The van der Waals surface area contributed by atoms with Crippen LogP contribution in [-0.4, -0.2) is 65.9 Å². The minimum Gasteiger partial charge on any atom is -0.494 e. The number of hydrogen-bond donors (Lipinski definition) is 3. The van der Waals surface area contributed by atoms with Crippen molar-refractivity contribution in [3.63, 3.8) is 0 Å². The number of halogens is 1. The number of aromatic amines is 1. The summed E-state index contributed by atoms with van der Waals surface area (Å²) in [6, 6.07) is 8.85. The van der Waals surface area contributed by atoms with E-state index in [1.165, 1.54) is 0 Å². The molecule has 0 radical (unpaired) electrons. The van der Waals surface area contributed by atoms with Gasteiger partial charge in [-0.1, -0.05) is 19.9 Å². The second kappa shape index (κ2) is 10.8. The number of nitrogens with zero attached hydrogens (tertiary/aromatic N) is 2. The third kappa shape index (κ3) is 6.21. The number of sulfone groups is 1. The Hall–Kier alpha value is -2.62. The second-order valence-corrected chi connectivity index (χ2v) is 9.77. The van der Waals surface area contributed by atoms with Crippen LogP contribution in [0.1, 0.15) is 29.8 Å². The number of aromatic nitrogens is 2. The van der Waals surface area contributed by atoms with E-state index in [0.29, 0.717) is 27.7 Å². The Morgan fingerprint density at radius 1 is 1.19 bits per heavy atom. The van der Waals surface area contributed by atoms with E-state index >= 15 is 0 Å². The number of nitrogens with one attached hydrogen (secondary N) is 2. The van der Waals surface area contributed by atoms with Gasteiger partial charge < -0.3 is 15.4 Å². The Morgan fingerprint density at radius 2 is 1.91 bits per heavy atom. The molecule has 2 heterocycles. The zero-order valence-corrected chi connectivity index (χ0v) is 20.0. The number of rotatable bonds is 9. The van der Waals surface area contributed by atoms with Gasteiger partial charge in [0.15, 0.2) is 5.88 Å². The lowest BCUT2D eigenvalue weighted by atomic mass is 10.1. The average molecular weight is 481 g/mol. The standard InChI is InChI=1S/C22H28N4O4S.ClH/c1-4-26(5-2)14-15-6-8-19(24-13-15)20-17-12-16(7-9-18(17)25-22(20)28)21(27)23-10-11-31(3,29)30;/h6-9,12-13,25,28H,4-5,10-11,14H2,1-3H3,(H,23,27);1H. The van der Waals surface area contributed by atoms with E-state index in [1.807, 2.05) is 12.1 Å². The fraction of sp³-hybridized carbons (Fsp3) is 0.364. The summed E-state index contributed by atoms with van der Waals surface area (Å²) in [6.45, 7) is 6.98. The van der Waals surface area contributed by atoms with Gasteiger partial charge >= 0.3 is 0 Å². The summed E-state index contributed by atoms with van der Waals surface area (Å²) in [7, 11) is -3.15. The molecule has 0 saturated heterocycles. The van der Waals surface area contributed by atoms with E-state index in [0.717, 1.165) is 31.5 Å². The molecule has 8 nitrogen and oxygen atoms in total. The molecule has 0 spiro atoms. The number of carbonyl (C=O) groups excluding carboxylic acids is 1. The van der Waals surface area contributed by atoms with Crippen molar-refractivity contribution in [3.8, 4) is 17.1 Å². The number of aromatic hydroxyl groups is 1. The van der Waals surface area contributed by atoms with Crippen LogP contribution >= 0.6 is 12.4 Å². The lowest BCUT2D eigenvalue weighted by Crippen LogP contribution is -2.28. The summed E-state index contributed by atoms with van der Waals surface area (Å²) in [6.07, 6.45) is 2.92. The maximum atomic E-state index is 12.4. The van der Waals surface area contributed by atoms with Gasteiger partial charge in [-0.25, -0.2) is 8.42 Å². The molecule has 1 aromatic carbocycles. The SMILES string of the molecule is CCN(CC)Cc1ccc(-c2c(O)[nH]c3ccc(C(=O)NCCS(C)(=O)=O)cc23)nc1.Cl. The van der Waals surface area contributed by atoms with E-state index in [-0.39, 0.29) is 36.5 Å². The molecule has 174 valence electrons. The van der Waals surface area contributed by atoms with Gasteiger partial charge in [0, 0.05) is 42.0 Å². The first-order chi connectivity index (χ1) is 14.7. The van der Waals surface area contributed by atoms with Gasteiger partial charge in [-0.15, -0.1) is 12.4 Å². The Morgan fingerprint density at radius 3 is 2.50 bits per heavy atom. The third-order valence-electron chi connectivity index (χ3n) is 5.18. The van der Waals surface area contributed by atoms with E-state index in [2.05, 4.69) is 34.0 Å². The first-order valence-corrected chi connectivity index (χ1v) is 12.3. The lowest BCUT2D eigenvalue weighted by Gasteiger charge is -2.17. The minimum atomic E-state index is -3.15. The molecular weight excluding hydrogens is 452 g/mol. The molecule has 3 aromatic rings. The summed E-state index contributed by atoms with van der Waals surface area (Å²) in [4.78, 5) is 22.2. The maximum absolute atomic E-state index is 12.4. The van der Waals surface area contributed by atoms with Crippen molar-refractivity contribution in [2.45, 2.75) is 20.4 Å². The van der Waals surface area contributed by atoms with Crippen molar-refractivity contribution < 1.29 is 18.3 Å². The predicted octanol–water partition coefficient (Wildman–Crippen LogP) is 2.97. The normalized spacial score (nSPS) is 11.5. The van der Waals surface area contributed by atoms with Gasteiger partial charge in [0.25, 0.3) is 5.91 Å². The third-order valence-corrected chi connectivity index (χ3v) is 6.13. The number of amides is 1. The Kier molecular flexibility index (Phi) is 8.65. The quantitative estimate of drug-likeness (QED) is 0.433. The van der Waals surface area contributed by atoms with E-state index in [9.17, 15) is 18.3 Å². The van der Waals surface area contributed by atoms with Gasteiger partial charge in [0.1, 0.15) is 9.84 Å². The largest absolute Gasteiger partial charge is 0.494 e. The summed E-state index contributed by atoms with van der Waals surface area (Å²) in [5, 5.41) is 13.7. The highest BCUT2D eigenvalue weighted by Gasteiger charge is 2.17. The van der Waals surface area contributed by atoms with Gasteiger partial charge in [-0.05, 0) is 42.9 Å². The fourth-order valence-corrected chi connectivity index (χ4v) is 3.87. The molecule has 0 fully saturated rings. The molecule has 2 aromatic heterocycles. The van der Waals surface area contributed by atoms with Crippen molar-refractivity contribution in [3.05, 3.63) is 47.7 Å². The van der Waals surface area contributed by atoms with E-state index < -0.39 is 9.84 Å². The highest BCUT2D eigenvalue weighted by molar-refractivity contribution is 7.90. The van der Waals surface area contributed by atoms with E-state index in [1.54, 1.807) is 24.4 Å². The van der Waals surface area contributed by atoms with Crippen LogP contribution in [0.25, 0.3) is 22.2 Å². The first-order valence-electron chi connectivity index (χ1n) is 10.2. The molecule has 10 heteroatoms. The molecule has 3 N–H and O–H groups in total. The molecule has 3 rings (SSSR count). The van der Waals surface area contributed by atoms with Gasteiger partial charge in [0.05, 0.1) is 17.0 Å². The van der Waals surface area contributed by atoms with Crippen molar-refractivity contribution in [1.29, 1.82) is 0 Å². The zero-order chi connectivity index (χ0) is 22.6. The van der Waals surface area contributed by atoms with Crippen LogP contribution in [0.3, 0.4) is 0 Å². The van der Waals surface area contributed by atoms with E-state index in [4.69, 9.17) is 0 Å². The maximum Gasteiger partial charge on any atom is 0.251 e. The lowest BCUT2D eigenvalue weighted by molar-refractivity contribution is 0.0956. The average Bonchev–Trinajstić information content (AvgIpc) is 3.06. The molecule has 0 unspecified atom stereocenters. The van der Waals surface area contributed by atoms with Crippen LogP contribution in [0.15, 0.2) is 36.5 Å². The topological polar surface area (TPSA) is 115 Å². The van der Waals surface area contributed by atoms with Crippen LogP contribution in [0.2, 0.25) is 0 Å². The minimum absolute atomic E-state index is 0. The molecule has 1 amide bonds. The van der Waals surface area contributed by atoms with Crippen molar-refractivity contribution in [1.82, 2.24) is 20.2 Å². The van der Waals surface area contributed by atoms with Crippen molar-refractivity contribution in [2.75, 3.05) is 31.6 Å². The van der Waals surface area contributed by atoms with Gasteiger partial charge in [0.2, 0.25) is 0 Å². The van der Waals surface area contributed by atoms with Crippen molar-refractivity contribution in [2.24, 2.45) is 0 Å². The molecule has 32 heavy (non-hydrogen) atoms. The summed E-state index contributed by atoms with van der Waals surface area (Å²) >= 11 is 0. The highest BCUT2D eigenvalue weighted by atomic mass is 35.5. The summed E-state index contributed by atoms with van der Waals surface area (Å²) in [5.41, 5.74) is 3.25. The zero-order valence-electron chi connectivity index (χ0n) is 18.4. The summed E-state index contributed by atoms with van der Waals surface area (Å²) < 4.78 is 22.5. The van der Waals surface area contributed by atoms with Crippen LogP contribution < -0.4 is 5.32 Å². The Balaban J connectivity index is 0.00000363. The number of fused-ring (bicyclic) bond motifs is 1. The van der Waals surface area contributed by atoms with Crippen LogP contribution in [-0.2, 0) is 16.4 Å². The molecule has 0 aliphatic rings. The predicted molar refractivity (Wildman–Crippen MR) is 129 cm³/mol. The second-order valence-electron chi connectivity index (χ2n) is 7.51. The fourth-order valence-electron chi connectivity index (χ4n) is 3.40. The molecular formula is C22H29ClN4O4S. The highest BCUT2D eigenvalue weighted by Crippen LogP contribution is 2.36. The Labute approximate surface area is 194 Å².